The number of benzene rings is 1. The summed E-state index contributed by atoms with van der Waals surface area (Å²) in [4.78, 5) is 16.3. The first-order valence-electron chi connectivity index (χ1n) is 7.48. The summed E-state index contributed by atoms with van der Waals surface area (Å²) >= 11 is 0. The molecule has 2 aliphatic rings. The minimum absolute atomic E-state index is 0.441. The van der Waals surface area contributed by atoms with Crippen molar-refractivity contribution in [3.63, 3.8) is 0 Å². The monoisotopic (exact) mass is 274 g/mol. The van der Waals surface area contributed by atoms with E-state index in [2.05, 4.69) is 9.80 Å². The Hall–Kier alpha value is -1.55. The van der Waals surface area contributed by atoms with Crippen molar-refractivity contribution >= 4 is 11.7 Å². The zero-order valence-corrected chi connectivity index (χ0v) is 12.0. The molecule has 2 heterocycles. The Morgan fingerprint density at radius 3 is 2.85 bits per heavy atom. The normalized spacial score (nSPS) is 23.4. The average Bonchev–Trinajstić information content (AvgIpc) is 2.76. The van der Waals surface area contributed by atoms with E-state index >= 15 is 0 Å². The third-order valence-corrected chi connectivity index (χ3v) is 4.53. The molecule has 1 atom stereocenters. The fourth-order valence-corrected chi connectivity index (χ4v) is 3.52. The maximum absolute atomic E-state index is 11.5. The van der Waals surface area contributed by atoms with Gasteiger partial charge < -0.3 is 10.0 Å². The van der Waals surface area contributed by atoms with Crippen LogP contribution in [0.1, 0.15) is 35.2 Å². The number of hydrogen-bond acceptors (Lipinski definition) is 3. The molecule has 1 unspecified atom stereocenters. The van der Waals surface area contributed by atoms with Crippen molar-refractivity contribution in [3.8, 4) is 0 Å². The average molecular weight is 274 g/mol. The Kier molecular flexibility index (Phi) is 3.66. The van der Waals surface area contributed by atoms with Crippen LogP contribution in [0.25, 0.3) is 0 Å². The van der Waals surface area contributed by atoms with E-state index in [1.807, 2.05) is 19.1 Å². The highest BCUT2D eigenvalue weighted by Gasteiger charge is 2.29. The number of aromatic carboxylic acids is 1. The molecule has 0 spiro atoms. The van der Waals surface area contributed by atoms with Gasteiger partial charge in [-0.2, -0.15) is 0 Å². The first-order valence-corrected chi connectivity index (χ1v) is 7.48. The van der Waals surface area contributed by atoms with Crippen molar-refractivity contribution in [2.75, 3.05) is 31.1 Å². The molecule has 1 aromatic carbocycles. The van der Waals surface area contributed by atoms with Crippen LogP contribution >= 0.6 is 0 Å². The topological polar surface area (TPSA) is 43.8 Å². The molecule has 0 bridgehead atoms. The Morgan fingerprint density at radius 1 is 1.25 bits per heavy atom. The molecule has 2 saturated heterocycles. The van der Waals surface area contributed by atoms with Crippen molar-refractivity contribution in [2.24, 2.45) is 0 Å². The van der Waals surface area contributed by atoms with Crippen LogP contribution in [0.4, 0.5) is 5.69 Å². The van der Waals surface area contributed by atoms with Crippen LogP contribution in [-0.4, -0.2) is 48.2 Å². The SMILES string of the molecule is Cc1ccc(N2CCCN3CCCC3C2)c(C(=O)O)c1. The van der Waals surface area contributed by atoms with Crippen molar-refractivity contribution in [2.45, 2.75) is 32.2 Å². The highest BCUT2D eigenvalue weighted by molar-refractivity contribution is 5.94. The molecule has 0 saturated carbocycles. The van der Waals surface area contributed by atoms with E-state index in [0.29, 0.717) is 11.6 Å². The number of carboxylic acids is 1. The predicted octanol–water partition coefficient (Wildman–Crippen LogP) is 2.37. The van der Waals surface area contributed by atoms with E-state index < -0.39 is 5.97 Å². The molecule has 1 N–H and O–H groups in total. The van der Waals surface area contributed by atoms with Gasteiger partial charge in [-0.3, -0.25) is 4.90 Å². The van der Waals surface area contributed by atoms with Crippen LogP contribution in [0.15, 0.2) is 18.2 Å². The summed E-state index contributed by atoms with van der Waals surface area (Å²) in [7, 11) is 0. The first-order chi connectivity index (χ1) is 9.65. The summed E-state index contributed by atoms with van der Waals surface area (Å²) in [6.45, 7) is 6.21. The minimum Gasteiger partial charge on any atom is -0.478 e. The Labute approximate surface area is 120 Å². The lowest BCUT2D eigenvalue weighted by molar-refractivity contribution is 0.0697. The lowest BCUT2D eigenvalue weighted by Crippen LogP contribution is -2.37. The number of hydrogen-bond donors (Lipinski definition) is 1. The second-order valence-electron chi connectivity index (χ2n) is 5.96. The van der Waals surface area contributed by atoms with Crippen molar-refractivity contribution < 1.29 is 9.90 Å². The molecule has 4 nitrogen and oxygen atoms in total. The Bertz CT molecular complexity index is 515. The molecule has 2 aliphatic heterocycles. The van der Waals surface area contributed by atoms with Gasteiger partial charge >= 0.3 is 5.97 Å². The molecular formula is C16H22N2O2. The van der Waals surface area contributed by atoms with Gasteiger partial charge in [0.25, 0.3) is 0 Å². The maximum Gasteiger partial charge on any atom is 0.337 e. The molecular weight excluding hydrogens is 252 g/mol. The fraction of sp³-hybridized carbons (Fsp3) is 0.562. The summed E-state index contributed by atoms with van der Waals surface area (Å²) < 4.78 is 0. The lowest BCUT2D eigenvalue weighted by Gasteiger charge is -2.28. The standard InChI is InChI=1S/C16H22N2O2/c1-12-5-6-15(14(10-12)16(19)20)18-9-3-8-17-7-2-4-13(17)11-18/h5-6,10,13H,2-4,7-9,11H2,1H3,(H,19,20). The largest absolute Gasteiger partial charge is 0.478 e. The van der Waals surface area contributed by atoms with Gasteiger partial charge in [-0.25, -0.2) is 4.79 Å². The van der Waals surface area contributed by atoms with Crippen LogP contribution in [0, 0.1) is 6.92 Å². The van der Waals surface area contributed by atoms with Gasteiger partial charge in [0, 0.05) is 25.7 Å². The molecule has 0 amide bonds. The lowest BCUT2D eigenvalue weighted by atomic mass is 10.1. The minimum atomic E-state index is -0.823. The van der Waals surface area contributed by atoms with Gasteiger partial charge in [0.15, 0.2) is 0 Å². The zero-order chi connectivity index (χ0) is 14.1. The summed E-state index contributed by atoms with van der Waals surface area (Å²) in [6.07, 6.45) is 3.63. The Morgan fingerprint density at radius 2 is 2.05 bits per heavy atom. The number of rotatable bonds is 2. The van der Waals surface area contributed by atoms with E-state index in [1.165, 1.54) is 19.4 Å². The third-order valence-electron chi connectivity index (χ3n) is 4.53. The molecule has 0 radical (unpaired) electrons. The number of fused-ring (bicyclic) bond motifs is 1. The summed E-state index contributed by atoms with van der Waals surface area (Å²) in [5, 5.41) is 9.44. The van der Waals surface area contributed by atoms with E-state index in [0.717, 1.165) is 37.3 Å². The molecule has 0 aliphatic carbocycles. The summed E-state index contributed by atoms with van der Waals surface area (Å²) in [6, 6.07) is 6.37. The van der Waals surface area contributed by atoms with Gasteiger partial charge in [-0.1, -0.05) is 11.6 Å². The maximum atomic E-state index is 11.5. The van der Waals surface area contributed by atoms with E-state index in [9.17, 15) is 9.90 Å². The van der Waals surface area contributed by atoms with Crippen molar-refractivity contribution in [1.82, 2.24) is 4.90 Å². The number of carboxylic acid groups (broad SMARTS) is 1. The fourth-order valence-electron chi connectivity index (χ4n) is 3.52. The number of nitrogens with zero attached hydrogens (tertiary/aromatic N) is 2. The van der Waals surface area contributed by atoms with Crippen LogP contribution in [0.5, 0.6) is 0 Å². The zero-order valence-electron chi connectivity index (χ0n) is 12.0. The number of carbonyl (C=O) groups is 1. The highest BCUT2D eigenvalue weighted by Crippen LogP contribution is 2.28. The van der Waals surface area contributed by atoms with Gasteiger partial charge in [0.05, 0.1) is 11.3 Å². The molecule has 3 rings (SSSR count). The van der Waals surface area contributed by atoms with E-state index in [-0.39, 0.29) is 0 Å². The number of anilines is 1. The van der Waals surface area contributed by atoms with E-state index in [4.69, 9.17) is 0 Å². The predicted molar refractivity (Wildman–Crippen MR) is 79.6 cm³/mol. The van der Waals surface area contributed by atoms with Crippen LogP contribution in [0.3, 0.4) is 0 Å². The highest BCUT2D eigenvalue weighted by atomic mass is 16.4. The third kappa shape index (κ3) is 2.52. The number of aryl methyl sites for hydroxylation is 1. The van der Waals surface area contributed by atoms with Gasteiger partial charge in [0.2, 0.25) is 0 Å². The molecule has 4 heteroatoms. The van der Waals surface area contributed by atoms with Gasteiger partial charge in [0.1, 0.15) is 0 Å². The molecule has 20 heavy (non-hydrogen) atoms. The first kappa shape index (κ1) is 13.4. The van der Waals surface area contributed by atoms with Crippen molar-refractivity contribution in [3.05, 3.63) is 29.3 Å². The summed E-state index contributed by atoms with van der Waals surface area (Å²) in [5.41, 5.74) is 2.33. The molecule has 108 valence electrons. The smallest absolute Gasteiger partial charge is 0.337 e. The van der Waals surface area contributed by atoms with Crippen LogP contribution < -0.4 is 4.90 Å². The molecule has 2 fully saturated rings. The second-order valence-corrected chi connectivity index (χ2v) is 5.96. The van der Waals surface area contributed by atoms with Crippen LogP contribution in [-0.2, 0) is 0 Å². The van der Waals surface area contributed by atoms with Crippen molar-refractivity contribution in [1.29, 1.82) is 0 Å². The quantitative estimate of drug-likeness (QED) is 0.899. The van der Waals surface area contributed by atoms with E-state index in [1.54, 1.807) is 6.07 Å². The van der Waals surface area contributed by atoms with Gasteiger partial charge in [-0.05, 0) is 44.9 Å². The van der Waals surface area contributed by atoms with Gasteiger partial charge in [-0.15, -0.1) is 0 Å². The molecule has 0 aromatic heterocycles. The summed E-state index contributed by atoms with van der Waals surface area (Å²) in [5.74, 6) is -0.823. The Balaban J connectivity index is 1.89. The second kappa shape index (κ2) is 5.44. The molecule has 1 aromatic rings. The van der Waals surface area contributed by atoms with Crippen LogP contribution in [0.2, 0.25) is 0 Å².